The van der Waals surface area contributed by atoms with E-state index in [1.165, 1.54) is 5.56 Å². The average molecular weight is 346 g/mol. The first-order valence-electron chi connectivity index (χ1n) is 8.23. The molecule has 2 aromatic carbocycles. The molecule has 3 nitrogen and oxygen atoms in total. The van der Waals surface area contributed by atoms with Crippen molar-refractivity contribution in [1.82, 2.24) is 4.72 Å². The van der Waals surface area contributed by atoms with Gasteiger partial charge in [-0.25, -0.2) is 13.1 Å². The van der Waals surface area contributed by atoms with Crippen molar-refractivity contribution < 1.29 is 8.42 Å². The largest absolute Gasteiger partial charge is 0.216 e. The van der Waals surface area contributed by atoms with Crippen molar-refractivity contribution >= 4 is 10.0 Å². The predicted octanol–water partition coefficient (Wildman–Crippen LogP) is 4.47. The zero-order chi connectivity index (χ0) is 18.0. The zero-order valence-electron chi connectivity index (χ0n) is 15.1. The van der Waals surface area contributed by atoms with Gasteiger partial charge in [0.15, 0.2) is 0 Å². The van der Waals surface area contributed by atoms with Crippen molar-refractivity contribution in [1.29, 1.82) is 0 Å². The van der Waals surface area contributed by atoms with Crippen LogP contribution in [0, 0.1) is 6.92 Å². The molecule has 0 spiro atoms. The quantitative estimate of drug-likeness (QED) is 0.869. The molecule has 1 N–H and O–H groups in total. The van der Waals surface area contributed by atoms with Crippen molar-refractivity contribution in [3.63, 3.8) is 0 Å². The van der Waals surface area contributed by atoms with Gasteiger partial charge in [0.1, 0.15) is 0 Å². The van der Waals surface area contributed by atoms with Crippen molar-refractivity contribution in [3.05, 3.63) is 70.8 Å². The second-order valence-electron chi connectivity index (χ2n) is 7.46. The molecule has 0 amide bonds. The highest BCUT2D eigenvalue weighted by molar-refractivity contribution is 7.88. The number of benzene rings is 2. The Labute approximate surface area is 146 Å². The molecule has 4 heteroatoms. The Morgan fingerprint density at radius 3 is 2.21 bits per heavy atom. The fraction of sp³-hybridized carbons (Fsp3) is 0.400. The van der Waals surface area contributed by atoms with Crippen LogP contribution in [0.15, 0.2) is 48.5 Å². The highest BCUT2D eigenvalue weighted by atomic mass is 32.2. The molecule has 2 aromatic rings. The number of hydrogen-bond donors (Lipinski definition) is 1. The molecule has 0 saturated heterocycles. The van der Waals surface area contributed by atoms with Crippen LogP contribution in [0.2, 0.25) is 0 Å². The lowest BCUT2D eigenvalue weighted by molar-refractivity contribution is 0.565. The summed E-state index contributed by atoms with van der Waals surface area (Å²) in [6, 6.07) is 15.5. The molecule has 2 rings (SSSR count). The summed E-state index contributed by atoms with van der Waals surface area (Å²) >= 11 is 0. The number of rotatable bonds is 5. The van der Waals surface area contributed by atoms with Gasteiger partial charge in [-0.05, 0) is 36.0 Å². The number of sulfonamides is 1. The van der Waals surface area contributed by atoms with Crippen LogP contribution in [0.1, 0.15) is 56.0 Å². The second-order valence-corrected chi connectivity index (χ2v) is 9.21. The minimum atomic E-state index is -3.39. The minimum Gasteiger partial charge on any atom is -0.212 e. The lowest BCUT2D eigenvalue weighted by Gasteiger charge is -2.20. The van der Waals surface area contributed by atoms with E-state index in [-0.39, 0.29) is 17.2 Å². The maximum atomic E-state index is 12.4. The fourth-order valence-electron chi connectivity index (χ4n) is 2.67. The number of nitrogens with one attached hydrogen (secondary N) is 1. The van der Waals surface area contributed by atoms with E-state index in [9.17, 15) is 8.42 Å². The van der Waals surface area contributed by atoms with E-state index in [0.717, 1.165) is 16.7 Å². The van der Waals surface area contributed by atoms with E-state index in [1.807, 2.05) is 50.2 Å². The van der Waals surface area contributed by atoms with Crippen LogP contribution in [0.5, 0.6) is 0 Å². The number of aryl methyl sites for hydroxylation is 1. The zero-order valence-corrected chi connectivity index (χ0v) is 15.9. The lowest BCUT2D eigenvalue weighted by atomic mass is 9.86. The summed E-state index contributed by atoms with van der Waals surface area (Å²) in [6.07, 6.45) is 0. The van der Waals surface area contributed by atoms with Crippen molar-refractivity contribution in [2.75, 3.05) is 0 Å². The molecule has 130 valence electrons. The van der Waals surface area contributed by atoms with Crippen LogP contribution in [0.25, 0.3) is 0 Å². The summed E-state index contributed by atoms with van der Waals surface area (Å²) < 4.78 is 27.6. The van der Waals surface area contributed by atoms with Crippen LogP contribution in [0.3, 0.4) is 0 Å². The van der Waals surface area contributed by atoms with Gasteiger partial charge in [-0.15, -0.1) is 0 Å². The summed E-state index contributed by atoms with van der Waals surface area (Å²) in [6.45, 7) is 10.3. The SMILES string of the molecule is Cc1cccc(CS(=O)(=O)N[C@H](C)c2ccc(C(C)(C)C)cc2)c1. The molecule has 0 radical (unpaired) electrons. The third-order valence-electron chi connectivity index (χ3n) is 4.07. The topological polar surface area (TPSA) is 46.2 Å². The van der Waals surface area contributed by atoms with E-state index in [2.05, 4.69) is 37.6 Å². The molecule has 0 bridgehead atoms. The first kappa shape index (κ1) is 18.7. The Hall–Kier alpha value is -1.65. The van der Waals surface area contributed by atoms with Crippen LogP contribution in [-0.2, 0) is 21.2 Å². The smallest absolute Gasteiger partial charge is 0.212 e. The van der Waals surface area contributed by atoms with Gasteiger partial charge in [-0.1, -0.05) is 74.9 Å². The van der Waals surface area contributed by atoms with Crippen LogP contribution in [0.4, 0.5) is 0 Å². The standard InChI is InChI=1S/C20H27NO2S/c1-15-7-6-8-17(13-15)14-24(22,23)21-16(2)18-9-11-19(12-10-18)20(3,4)5/h6-13,16,21H,14H2,1-5H3/t16-/m1/s1. The molecule has 0 saturated carbocycles. The van der Waals surface area contributed by atoms with Crippen molar-refractivity contribution in [2.45, 2.75) is 51.8 Å². The Kier molecular flexibility index (Phi) is 5.51. The molecule has 24 heavy (non-hydrogen) atoms. The molecule has 0 aromatic heterocycles. The van der Waals surface area contributed by atoms with Crippen LogP contribution < -0.4 is 4.72 Å². The Morgan fingerprint density at radius 1 is 1.04 bits per heavy atom. The van der Waals surface area contributed by atoms with Gasteiger partial charge in [-0.3, -0.25) is 0 Å². The van der Waals surface area contributed by atoms with E-state index in [1.54, 1.807) is 0 Å². The van der Waals surface area contributed by atoms with E-state index in [4.69, 9.17) is 0 Å². The first-order valence-corrected chi connectivity index (χ1v) is 9.88. The van der Waals surface area contributed by atoms with Gasteiger partial charge in [0, 0.05) is 6.04 Å². The van der Waals surface area contributed by atoms with Gasteiger partial charge in [-0.2, -0.15) is 0 Å². The molecule has 0 fully saturated rings. The van der Waals surface area contributed by atoms with Gasteiger partial charge in [0.2, 0.25) is 10.0 Å². The van der Waals surface area contributed by atoms with Gasteiger partial charge < -0.3 is 0 Å². The maximum Gasteiger partial charge on any atom is 0.216 e. The van der Waals surface area contributed by atoms with Crippen molar-refractivity contribution in [2.24, 2.45) is 0 Å². The minimum absolute atomic E-state index is 0.000898. The molecule has 0 aliphatic rings. The maximum absolute atomic E-state index is 12.4. The lowest BCUT2D eigenvalue weighted by Crippen LogP contribution is -2.28. The summed E-state index contributed by atoms with van der Waals surface area (Å²) in [5.74, 6) is -0.000898. The van der Waals surface area contributed by atoms with Gasteiger partial charge in [0.25, 0.3) is 0 Å². The van der Waals surface area contributed by atoms with Gasteiger partial charge >= 0.3 is 0 Å². The highest BCUT2D eigenvalue weighted by Crippen LogP contribution is 2.24. The summed E-state index contributed by atoms with van der Waals surface area (Å²) in [5, 5.41) is 0. The monoisotopic (exact) mass is 345 g/mol. The van der Waals surface area contributed by atoms with E-state index in [0.29, 0.717) is 0 Å². The van der Waals surface area contributed by atoms with Crippen LogP contribution >= 0.6 is 0 Å². The fourth-order valence-corrected chi connectivity index (χ4v) is 4.05. The van der Waals surface area contributed by atoms with Crippen LogP contribution in [-0.4, -0.2) is 8.42 Å². The Balaban J connectivity index is 2.09. The second kappa shape index (κ2) is 7.08. The Bertz CT molecular complexity index is 787. The molecule has 0 heterocycles. The van der Waals surface area contributed by atoms with E-state index >= 15 is 0 Å². The average Bonchev–Trinajstić information content (AvgIpc) is 2.45. The first-order chi connectivity index (χ1) is 11.1. The van der Waals surface area contributed by atoms with Crippen molar-refractivity contribution in [3.8, 4) is 0 Å². The predicted molar refractivity (Wildman–Crippen MR) is 100 cm³/mol. The third-order valence-corrected chi connectivity index (χ3v) is 5.50. The highest BCUT2D eigenvalue weighted by Gasteiger charge is 2.18. The molecule has 1 atom stereocenters. The number of hydrogen-bond acceptors (Lipinski definition) is 2. The summed E-state index contributed by atoms with van der Waals surface area (Å²) in [5.41, 5.74) is 4.16. The molecule has 0 aliphatic carbocycles. The van der Waals surface area contributed by atoms with E-state index < -0.39 is 10.0 Å². The molecular formula is C20H27NO2S. The Morgan fingerprint density at radius 2 is 1.67 bits per heavy atom. The molecule has 0 aliphatic heterocycles. The third kappa shape index (κ3) is 5.18. The summed E-state index contributed by atoms with van der Waals surface area (Å²) in [4.78, 5) is 0. The summed E-state index contributed by atoms with van der Waals surface area (Å²) in [7, 11) is -3.39. The van der Waals surface area contributed by atoms with Gasteiger partial charge in [0.05, 0.1) is 5.75 Å². The normalized spacial score (nSPS) is 13.7. The molecule has 0 unspecified atom stereocenters. The molecular weight excluding hydrogens is 318 g/mol.